The highest BCUT2D eigenvalue weighted by Crippen LogP contribution is 2.36. The average molecular weight is 531 g/mol. The van der Waals surface area contributed by atoms with Crippen molar-refractivity contribution in [3.8, 4) is 29.2 Å². The Labute approximate surface area is 218 Å². The van der Waals surface area contributed by atoms with E-state index in [0.29, 0.717) is 40.8 Å². The minimum absolute atomic E-state index is 0.0800. The van der Waals surface area contributed by atoms with Crippen molar-refractivity contribution in [2.24, 2.45) is 0 Å². The van der Waals surface area contributed by atoms with Gasteiger partial charge in [0, 0.05) is 41.1 Å². The van der Waals surface area contributed by atoms with Crippen molar-refractivity contribution in [2.45, 2.75) is 25.8 Å². The Kier molecular flexibility index (Phi) is 5.74. The van der Waals surface area contributed by atoms with E-state index in [0.717, 1.165) is 40.4 Å². The fourth-order valence-corrected chi connectivity index (χ4v) is 5.81. The van der Waals surface area contributed by atoms with Crippen LogP contribution < -0.4 is 9.61 Å². The van der Waals surface area contributed by atoms with Crippen molar-refractivity contribution >= 4 is 43.3 Å². The molecule has 0 aliphatic carbocycles. The second-order valence-electron chi connectivity index (χ2n) is 9.48. The number of rotatable bonds is 4. The summed E-state index contributed by atoms with van der Waals surface area (Å²) in [5, 5.41) is 2.00. The number of nitrogens with zero attached hydrogens (tertiary/aromatic N) is 1. The summed E-state index contributed by atoms with van der Waals surface area (Å²) in [6.07, 6.45) is 7.17. The molecule has 9 heteroatoms. The van der Waals surface area contributed by atoms with E-state index in [9.17, 15) is 17.1 Å². The van der Waals surface area contributed by atoms with Gasteiger partial charge in [-0.15, -0.1) is 6.42 Å². The highest BCUT2D eigenvalue weighted by molar-refractivity contribution is 7.81. The third kappa shape index (κ3) is 4.12. The Morgan fingerprint density at radius 1 is 1.11 bits per heavy atom. The number of H-pyrrole nitrogens is 1. The van der Waals surface area contributed by atoms with Crippen LogP contribution in [0.4, 0.5) is 3.89 Å². The van der Waals surface area contributed by atoms with Gasteiger partial charge in [-0.05, 0) is 72.9 Å². The Morgan fingerprint density at radius 3 is 2.63 bits per heavy atom. The molecule has 1 N–H and O–H groups in total. The SMILES string of the molecule is C#Cc1ccc2c(c1)[nH]c1c2c(=O)c2cc(C)c(-c3cccc(OS(=O)(=O)F)c3)cc2n1C1CCOCC1. The number of hydrogen-bond donors (Lipinski definition) is 1. The molecule has 0 atom stereocenters. The van der Waals surface area contributed by atoms with Crippen LogP contribution in [-0.4, -0.2) is 31.2 Å². The van der Waals surface area contributed by atoms with Crippen molar-refractivity contribution in [2.75, 3.05) is 13.2 Å². The summed E-state index contributed by atoms with van der Waals surface area (Å²) in [5.74, 6) is 2.51. The standard InChI is InChI=1S/C29H23FN2O5S/c1-3-18-7-8-22-25(14-18)31-29-27(22)28(33)24-13-17(2)23(16-26(24)32(29)20-9-11-36-12-10-20)19-5-4-6-21(15-19)37-38(30,34)35/h1,4-8,13-16,20,31H,9-12H2,2H3. The molecule has 1 aliphatic rings. The third-order valence-corrected chi connectivity index (χ3v) is 7.55. The van der Waals surface area contributed by atoms with E-state index in [2.05, 4.69) is 19.7 Å². The maximum absolute atomic E-state index is 13.9. The average Bonchev–Trinajstić information content (AvgIpc) is 3.27. The Balaban J connectivity index is 1.67. The highest BCUT2D eigenvalue weighted by Gasteiger charge is 2.24. The van der Waals surface area contributed by atoms with Gasteiger partial charge in [-0.2, -0.15) is 8.42 Å². The van der Waals surface area contributed by atoms with E-state index < -0.39 is 10.5 Å². The zero-order valence-electron chi connectivity index (χ0n) is 20.5. The lowest BCUT2D eigenvalue weighted by atomic mass is 9.96. The first-order chi connectivity index (χ1) is 18.2. The zero-order chi connectivity index (χ0) is 26.6. The molecule has 2 aromatic heterocycles. The fraction of sp³-hybridized carbons (Fsp3) is 0.207. The van der Waals surface area contributed by atoms with Gasteiger partial charge in [0.05, 0.1) is 10.9 Å². The van der Waals surface area contributed by atoms with Gasteiger partial charge in [0.15, 0.2) is 5.43 Å². The lowest BCUT2D eigenvalue weighted by molar-refractivity contribution is 0.0715. The van der Waals surface area contributed by atoms with Crippen LogP contribution in [0.3, 0.4) is 0 Å². The molecule has 0 unspecified atom stereocenters. The number of ether oxygens (including phenoxy) is 1. The molecule has 0 radical (unpaired) electrons. The normalized spacial score (nSPS) is 14.8. The van der Waals surface area contributed by atoms with Crippen LogP contribution in [0.1, 0.15) is 30.0 Å². The summed E-state index contributed by atoms with van der Waals surface area (Å²) in [6.45, 7) is 3.10. The van der Waals surface area contributed by atoms with E-state index in [-0.39, 0.29) is 17.2 Å². The van der Waals surface area contributed by atoms with Gasteiger partial charge in [-0.1, -0.05) is 28.0 Å². The van der Waals surface area contributed by atoms with Crippen molar-refractivity contribution in [1.29, 1.82) is 0 Å². The van der Waals surface area contributed by atoms with Gasteiger partial charge in [0.2, 0.25) is 0 Å². The smallest absolute Gasteiger partial charge is 0.381 e. The molecule has 1 saturated heterocycles. The molecule has 1 fully saturated rings. The Morgan fingerprint density at radius 2 is 1.89 bits per heavy atom. The lowest BCUT2D eigenvalue weighted by Crippen LogP contribution is -2.22. The minimum Gasteiger partial charge on any atom is -0.381 e. The summed E-state index contributed by atoms with van der Waals surface area (Å²) >= 11 is 0. The summed E-state index contributed by atoms with van der Waals surface area (Å²) in [5.41, 5.74) is 5.08. The summed E-state index contributed by atoms with van der Waals surface area (Å²) < 4.78 is 47.5. The van der Waals surface area contributed by atoms with E-state index in [1.54, 1.807) is 12.1 Å². The molecular formula is C29H23FN2O5S. The maximum Gasteiger partial charge on any atom is 0.488 e. The van der Waals surface area contributed by atoms with Crippen LogP contribution in [0, 0.1) is 19.3 Å². The summed E-state index contributed by atoms with van der Waals surface area (Å²) in [7, 11) is -5.16. The third-order valence-electron chi connectivity index (χ3n) is 7.16. The first-order valence-electron chi connectivity index (χ1n) is 12.2. The second-order valence-corrected chi connectivity index (χ2v) is 10.4. The van der Waals surface area contributed by atoms with Crippen LogP contribution in [-0.2, 0) is 15.2 Å². The van der Waals surface area contributed by atoms with Crippen LogP contribution in [0.5, 0.6) is 5.75 Å². The molecule has 7 nitrogen and oxygen atoms in total. The lowest BCUT2D eigenvalue weighted by Gasteiger charge is -2.27. The number of halogens is 1. The van der Waals surface area contributed by atoms with Crippen LogP contribution in [0.2, 0.25) is 0 Å². The van der Waals surface area contributed by atoms with Gasteiger partial charge in [0.25, 0.3) is 0 Å². The van der Waals surface area contributed by atoms with Crippen LogP contribution >= 0.6 is 0 Å². The van der Waals surface area contributed by atoms with E-state index in [1.165, 1.54) is 12.1 Å². The van der Waals surface area contributed by atoms with Gasteiger partial charge in [0.1, 0.15) is 11.4 Å². The topological polar surface area (TPSA) is 90.4 Å². The van der Waals surface area contributed by atoms with Gasteiger partial charge >= 0.3 is 10.5 Å². The number of fused-ring (bicyclic) bond motifs is 4. The number of hydrogen-bond acceptors (Lipinski definition) is 5. The minimum atomic E-state index is -5.16. The molecule has 0 bridgehead atoms. The number of aromatic amines is 1. The van der Waals surface area contributed by atoms with Crippen molar-refractivity contribution in [3.63, 3.8) is 0 Å². The fourth-order valence-electron chi connectivity index (χ4n) is 5.48. The molecule has 3 aromatic carbocycles. The maximum atomic E-state index is 13.9. The van der Waals surface area contributed by atoms with E-state index >= 15 is 0 Å². The largest absolute Gasteiger partial charge is 0.488 e. The number of terminal acetylenes is 1. The predicted molar refractivity (Wildman–Crippen MR) is 145 cm³/mol. The molecular weight excluding hydrogens is 507 g/mol. The zero-order valence-corrected chi connectivity index (χ0v) is 21.3. The van der Waals surface area contributed by atoms with Crippen molar-refractivity contribution in [1.82, 2.24) is 9.55 Å². The summed E-state index contributed by atoms with van der Waals surface area (Å²) in [4.78, 5) is 17.4. The highest BCUT2D eigenvalue weighted by atomic mass is 32.3. The number of nitrogens with one attached hydrogen (secondary N) is 1. The number of aromatic nitrogens is 2. The van der Waals surface area contributed by atoms with Gasteiger partial charge in [-0.25, -0.2) is 0 Å². The number of aryl methyl sites for hydroxylation is 1. The molecule has 3 heterocycles. The monoisotopic (exact) mass is 530 g/mol. The molecule has 6 rings (SSSR count). The number of pyridine rings is 1. The Bertz CT molecular complexity index is 1960. The van der Waals surface area contributed by atoms with E-state index in [4.69, 9.17) is 11.2 Å². The van der Waals surface area contributed by atoms with Gasteiger partial charge < -0.3 is 18.5 Å². The van der Waals surface area contributed by atoms with Gasteiger partial charge in [-0.3, -0.25) is 4.79 Å². The number of benzene rings is 3. The predicted octanol–water partition coefficient (Wildman–Crippen LogP) is 5.54. The van der Waals surface area contributed by atoms with Crippen molar-refractivity contribution < 1.29 is 21.2 Å². The molecule has 0 saturated carbocycles. The van der Waals surface area contributed by atoms with Crippen molar-refractivity contribution in [3.05, 3.63) is 75.9 Å². The van der Waals surface area contributed by atoms with Crippen LogP contribution in [0.25, 0.3) is 44.0 Å². The molecule has 192 valence electrons. The molecule has 1 aliphatic heterocycles. The quantitative estimate of drug-likeness (QED) is 0.244. The summed E-state index contributed by atoms with van der Waals surface area (Å²) in [6, 6.07) is 15.7. The van der Waals surface area contributed by atoms with E-state index in [1.807, 2.05) is 37.3 Å². The molecule has 0 spiro atoms. The second kappa shape index (κ2) is 9.01. The molecule has 5 aromatic rings. The van der Waals surface area contributed by atoms with Crippen LogP contribution in [0.15, 0.2) is 59.4 Å². The first kappa shape index (κ1) is 24.2. The molecule has 38 heavy (non-hydrogen) atoms. The first-order valence-corrected chi connectivity index (χ1v) is 13.5. The molecule has 0 amide bonds. The Hall–Kier alpha value is -4.13.